The van der Waals surface area contributed by atoms with Crippen molar-refractivity contribution in [1.29, 1.82) is 0 Å². The summed E-state index contributed by atoms with van der Waals surface area (Å²) in [6.45, 7) is 2.09. The van der Waals surface area contributed by atoms with Gasteiger partial charge in [0.2, 0.25) is 5.91 Å². The molecule has 0 saturated heterocycles. The number of amides is 1. The Morgan fingerprint density at radius 2 is 1.68 bits per heavy atom. The molecule has 0 aliphatic heterocycles. The summed E-state index contributed by atoms with van der Waals surface area (Å²) in [7, 11) is 0. The first kappa shape index (κ1) is 17.8. The first-order valence-electron chi connectivity index (χ1n) is 10.2. The number of aryl methyl sites for hydroxylation is 1. The van der Waals surface area contributed by atoms with Crippen LogP contribution < -0.4 is 5.32 Å². The summed E-state index contributed by atoms with van der Waals surface area (Å²) in [5.74, 6) is -0.351. The van der Waals surface area contributed by atoms with Gasteiger partial charge in [-0.2, -0.15) is 0 Å². The standard InChI is InChI=1S/C24H25F2NO/c1-15-2-4-18(5-3-15)23-10-16-8-17(11-23)13-24(12-16,14-23)22(28)27-21-7-6-19(25)9-20(21)26/h2-7,9,16-17H,8,10-14H2,1H3,(H,27,28)/t16-,17+,23?,24?. The Hall–Kier alpha value is -2.23. The number of hydrogen-bond donors (Lipinski definition) is 1. The van der Waals surface area contributed by atoms with E-state index in [4.69, 9.17) is 0 Å². The summed E-state index contributed by atoms with van der Waals surface area (Å²) in [6, 6.07) is 12.1. The number of halogens is 2. The van der Waals surface area contributed by atoms with Gasteiger partial charge in [-0.15, -0.1) is 0 Å². The van der Waals surface area contributed by atoms with E-state index in [0.29, 0.717) is 11.8 Å². The molecular formula is C24H25F2NO. The molecule has 4 bridgehead atoms. The molecule has 28 heavy (non-hydrogen) atoms. The maximum atomic E-state index is 14.1. The van der Waals surface area contributed by atoms with Gasteiger partial charge in [0.1, 0.15) is 11.6 Å². The van der Waals surface area contributed by atoms with E-state index in [9.17, 15) is 13.6 Å². The van der Waals surface area contributed by atoms with Crippen LogP contribution in [0.15, 0.2) is 42.5 Å². The normalized spacial score (nSPS) is 33.1. The summed E-state index contributed by atoms with van der Waals surface area (Å²) in [5, 5.41) is 2.79. The quantitative estimate of drug-likeness (QED) is 0.721. The molecule has 2 aromatic rings. The van der Waals surface area contributed by atoms with Crippen molar-refractivity contribution in [2.75, 3.05) is 5.32 Å². The molecule has 1 amide bonds. The van der Waals surface area contributed by atoms with Crippen molar-refractivity contribution in [3.63, 3.8) is 0 Å². The SMILES string of the molecule is Cc1ccc(C23C[C@@H]4C[C@@H](CC(C(=O)Nc5ccc(F)cc5F)(C4)C2)C3)cc1. The van der Waals surface area contributed by atoms with Crippen LogP contribution in [-0.2, 0) is 10.2 Å². The molecule has 0 spiro atoms. The van der Waals surface area contributed by atoms with Crippen molar-refractivity contribution in [2.24, 2.45) is 17.3 Å². The Balaban J connectivity index is 1.47. The molecule has 4 fully saturated rings. The van der Waals surface area contributed by atoms with E-state index in [1.807, 2.05) is 0 Å². The lowest BCUT2D eigenvalue weighted by atomic mass is 9.42. The van der Waals surface area contributed by atoms with Crippen molar-refractivity contribution < 1.29 is 13.6 Å². The Morgan fingerprint density at radius 1 is 1.00 bits per heavy atom. The van der Waals surface area contributed by atoms with Gasteiger partial charge in [-0.25, -0.2) is 8.78 Å². The van der Waals surface area contributed by atoms with Gasteiger partial charge < -0.3 is 5.32 Å². The molecule has 6 rings (SSSR count). The number of anilines is 1. The van der Waals surface area contributed by atoms with E-state index in [2.05, 4.69) is 36.5 Å². The van der Waals surface area contributed by atoms with Gasteiger partial charge in [0, 0.05) is 6.07 Å². The monoisotopic (exact) mass is 381 g/mol. The van der Waals surface area contributed by atoms with Crippen LogP contribution in [0.5, 0.6) is 0 Å². The Morgan fingerprint density at radius 3 is 2.32 bits per heavy atom. The zero-order chi connectivity index (χ0) is 19.5. The van der Waals surface area contributed by atoms with Crippen molar-refractivity contribution in [3.05, 3.63) is 65.2 Å². The fraction of sp³-hybridized carbons (Fsp3) is 0.458. The number of hydrogen-bond acceptors (Lipinski definition) is 1. The highest BCUT2D eigenvalue weighted by atomic mass is 19.1. The Labute approximate surface area is 164 Å². The minimum Gasteiger partial charge on any atom is -0.323 e. The largest absolute Gasteiger partial charge is 0.323 e. The van der Waals surface area contributed by atoms with E-state index in [1.54, 1.807) is 0 Å². The third-order valence-electron chi connectivity index (χ3n) is 7.39. The van der Waals surface area contributed by atoms with Gasteiger partial charge in [0.25, 0.3) is 0 Å². The van der Waals surface area contributed by atoms with Crippen molar-refractivity contribution >= 4 is 11.6 Å². The topological polar surface area (TPSA) is 29.1 Å². The highest BCUT2D eigenvalue weighted by Gasteiger charge is 2.60. The first-order valence-corrected chi connectivity index (χ1v) is 10.2. The molecule has 1 N–H and O–H groups in total. The molecule has 2 unspecified atom stereocenters. The van der Waals surface area contributed by atoms with Crippen LogP contribution in [0.25, 0.3) is 0 Å². The van der Waals surface area contributed by atoms with Crippen LogP contribution in [0, 0.1) is 35.8 Å². The summed E-state index contributed by atoms with van der Waals surface area (Å²) >= 11 is 0. The predicted octanol–water partition coefficient (Wildman–Crippen LogP) is 5.75. The van der Waals surface area contributed by atoms with Gasteiger partial charge in [0.05, 0.1) is 11.1 Å². The van der Waals surface area contributed by atoms with Crippen molar-refractivity contribution in [3.8, 4) is 0 Å². The van der Waals surface area contributed by atoms with Crippen LogP contribution in [0.1, 0.15) is 49.7 Å². The Kier molecular flexibility index (Phi) is 3.91. The minimum absolute atomic E-state index is 0.0520. The highest BCUT2D eigenvalue weighted by molar-refractivity contribution is 5.96. The number of nitrogens with one attached hydrogen (secondary N) is 1. The lowest BCUT2D eigenvalue weighted by molar-refractivity contribution is -0.143. The maximum Gasteiger partial charge on any atom is 0.230 e. The highest BCUT2D eigenvalue weighted by Crippen LogP contribution is 2.66. The molecule has 2 aromatic carbocycles. The Bertz CT molecular complexity index is 922. The number of carbonyl (C=O) groups excluding carboxylic acids is 1. The molecule has 4 atom stereocenters. The van der Waals surface area contributed by atoms with Crippen LogP contribution in [0.3, 0.4) is 0 Å². The van der Waals surface area contributed by atoms with E-state index < -0.39 is 17.0 Å². The first-order chi connectivity index (χ1) is 13.4. The zero-order valence-electron chi connectivity index (χ0n) is 16.1. The van der Waals surface area contributed by atoms with Gasteiger partial charge >= 0.3 is 0 Å². The van der Waals surface area contributed by atoms with Gasteiger partial charge in [0.15, 0.2) is 0 Å². The van der Waals surface area contributed by atoms with Crippen molar-refractivity contribution in [2.45, 2.75) is 50.9 Å². The van der Waals surface area contributed by atoms with Crippen molar-refractivity contribution in [1.82, 2.24) is 0 Å². The van der Waals surface area contributed by atoms with E-state index in [0.717, 1.165) is 38.2 Å². The molecule has 0 radical (unpaired) electrons. The fourth-order valence-corrected chi connectivity index (χ4v) is 6.62. The summed E-state index contributed by atoms with van der Waals surface area (Å²) in [6.07, 6.45) is 6.08. The van der Waals surface area contributed by atoms with Gasteiger partial charge in [-0.3, -0.25) is 4.79 Å². The lowest BCUT2D eigenvalue weighted by Crippen LogP contribution is -2.58. The second kappa shape index (κ2) is 6.13. The second-order valence-corrected chi connectivity index (χ2v) is 9.47. The minimum atomic E-state index is -0.716. The molecule has 4 aliphatic carbocycles. The smallest absolute Gasteiger partial charge is 0.230 e. The lowest BCUT2D eigenvalue weighted by Gasteiger charge is -2.61. The van der Waals surface area contributed by atoms with Gasteiger partial charge in [-0.1, -0.05) is 29.8 Å². The second-order valence-electron chi connectivity index (χ2n) is 9.47. The number of rotatable bonds is 3. The molecule has 4 heteroatoms. The van der Waals surface area contributed by atoms with Crippen LogP contribution in [0.2, 0.25) is 0 Å². The maximum absolute atomic E-state index is 14.1. The predicted molar refractivity (Wildman–Crippen MR) is 105 cm³/mol. The molecule has 0 heterocycles. The number of benzene rings is 2. The number of carbonyl (C=O) groups is 1. The molecule has 4 aliphatic rings. The zero-order valence-corrected chi connectivity index (χ0v) is 16.1. The summed E-state index contributed by atoms with van der Waals surface area (Å²) in [4.78, 5) is 13.4. The molecule has 4 saturated carbocycles. The molecular weight excluding hydrogens is 356 g/mol. The molecule has 0 aromatic heterocycles. The molecule has 2 nitrogen and oxygen atoms in total. The average Bonchev–Trinajstić information content (AvgIpc) is 2.63. The summed E-state index contributed by atoms with van der Waals surface area (Å²) < 4.78 is 27.3. The van der Waals surface area contributed by atoms with E-state index >= 15 is 0 Å². The third kappa shape index (κ3) is 2.76. The van der Waals surface area contributed by atoms with Crippen LogP contribution in [-0.4, -0.2) is 5.91 Å². The van der Waals surface area contributed by atoms with Gasteiger partial charge in [-0.05, 0) is 80.4 Å². The van der Waals surface area contributed by atoms with Crippen LogP contribution in [0.4, 0.5) is 14.5 Å². The van der Waals surface area contributed by atoms with E-state index in [1.165, 1.54) is 29.7 Å². The van der Waals surface area contributed by atoms with E-state index in [-0.39, 0.29) is 17.0 Å². The third-order valence-corrected chi connectivity index (χ3v) is 7.39. The van der Waals surface area contributed by atoms with Crippen LogP contribution >= 0.6 is 0 Å². The fourth-order valence-electron chi connectivity index (χ4n) is 6.62. The molecule has 146 valence electrons. The summed E-state index contributed by atoms with van der Waals surface area (Å²) in [5.41, 5.74) is 2.27. The average molecular weight is 381 g/mol.